The highest BCUT2D eigenvalue weighted by Gasteiger charge is 2.45. The molecule has 1 aliphatic heterocycles. The molecule has 1 saturated heterocycles. The summed E-state index contributed by atoms with van der Waals surface area (Å²) >= 11 is 0. The van der Waals surface area contributed by atoms with E-state index in [2.05, 4.69) is 63.9 Å². The van der Waals surface area contributed by atoms with Gasteiger partial charge in [-0.05, 0) is 46.6 Å². The van der Waals surface area contributed by atoms with Gasteiger partial charge in [0.25, 0.3) is 0 Å². The third-order valence-corrected chi connectivity index (χ3v) is 3.25. The Balaban J connectivity index is 2.22. The Labute approximate surface area is 105 Å². The molecule has 0 aliphatic carbocycles. The second kappa shape index (κ2) is 4.11. The van der Waals surface area contributed by atoms with Crippen molar-refractivity contribution < 1.29 is 4.84 Å². The van der Waals surface area contributed by atoms with E-state index in [9.17, 15) is 0 Å². The van der Waals surface area contributed by atoms with Crippen LogP contribution in [-0.4, -0.2) is 16.1 Å². The Bertz CT molecular complexity index is 378. The fraction of sp³-hybridized carbons (Fsp3) is 0.600. The number of rotatable bonds is 1. The van der Waals surface area contributed by atoms with E-state index in [1.54, 1.807) is 0 Å². The first kappa shape index (κ1) is 12.6. The highest BCUT2D eigenvalue weighted by Crippen LogP contribution is 2.43. The van der Waals surface area contributed by atoms with Crippen LogP contribution in [0.15, 0.2) is 30.3 Å². The lowest BCUT2D eigenvalue weighted by Gasteiger charge is -2.39. The second-order valence-electron chi connectivity index (χ2n) is 6.49. The van der Waals surface area contributed by atoms with Crippen LogP contribution in [0.25, 0.3) is 0 Å². The summed E-state index contributed by atoms with van der Waals surface area (Å²) in [6.45, 7) is 11.1. The normalized spacial score (nSPS) is 25.1. The van der Waals surface area contributed by atoms with Gasteiger partial charge in [0.2, 0.25) is 0 Å². The van der Waals surface area contributed by atoms with Gasteiger partial charge in [0.05, 0.1) is 0 Å². The predicted octanol–water partition coefficient (Wildman–Crippen LogP) is 3.94. The molecule has 2 nitrogen and oxygen atoms in total. The van der Waals surface area contributed by atoms with Gasteiger partial charge in [0.1, 0.15) is 6.10 Å². The Morgan fingerprint density at radius 2 is 1.76 bits per heavy atom. The maximum atomic E-state index is 6.16. The van der Waals surface area contributed by atoms with Gasteiger partial charge < -0.3 is 0 Å². The lowest BCUT2D eigenvalue weighted by molar-refractivity contribution is -0.231. The molecule has 1 heterocycles. The lowest BCUT2D eigenvalue weighted by atomic mass is 9.92. The molecule has 1 aliphatic rings. The van der Waals surface area contributed by atoms with Crippen molar-refractivity contribution in [2.45, 2.75) is 58.2 Å². The van der Waals surface area contributed by atoms with Gasteiger partial charge in [-0.3, -0.25) is 4.84 Å². The SMILES string of the molecule is CC(C)(C)N1OC(c2ccccc2)CC1(C)C. The molecule has 1 atom stereocenters. The van der Waals surface area contributed by atoms with Crippen LogP contribution in [0.3, 0.4) is 0 Å². The van der Waals surface area contributed by atoms with Crippen LogP contribution < -0.4 is 0 Å². The van der Waals surface area contributed by atoms with Crippen LogP contribution in [0.5, 0.6) is 0 Å². The minimum absolute atomic E-state index is 0.0348. The van der Waals surface area contributed by atoms with Gasteiger partial charge >= 0.3 is 0 Å². The smallest absolute Gasteiger partial charge is 0.106 e. The first-order valence-corrected chi connectivity index (χ1v) is 6.33. The van der Waals surface area contributed by atoms with Crippen LogP contribution >= 0.6 is 0 Å². The summed E-state index contributed by atoms with van der Waals surface area (Å²) in [6, 6.07) is 10.5. The first-order valence-electron chi connectivity index (χ1n) is 6.33. The third-order valence-electron chi connectivity index (χ3n) is 3.25. The molecule has 0 spiro atoms. The van der Waals surface area contributed by atoms with Gasteiger partial charge in [-0.25, -0.2) is 0 Å². The fourth-order valence-electron chi connectivity index (χ4n) is 2.76. The van der Waals surface area contributed by atoms with Crippen molar-refractivity contribution in [2.24, 2.45) is 0 Å². The zero-order chi connectivity index (χ0) is 12.7. The molecule has 2 heteroatoms. The van der Waals surface area contributed by atoms with E-state index in [4.69, 9.17) is 4.84 Å². The molecule has 94 valence electrons. The zero-order valence-electron chi connectivity index (χ0n) is 11.5. The largest absolute Gasteiger partial charge is 0.290 e. The Morgan fingerprint density at radius 1 is 1.18 bits per heavy atom. The van der Waals surface area contributed by atoms with Crippen molar-refractivity contribution in [3.63, 3.8) is 0 Å². The van der Waals surface area contributed by atoms with Crippen molar-refractivity contribution in [3.05, 3.63) is 35.9 Å². The van der Waals surface area contributed by atoms with Gasteiger partial charge in [0, 0.05) is 11.1 Å². The zero-order valence-corrected chi connectivity index (χ0v) is 11.5. The van der Waals surface area contributed by atoms with Crippen molar-refractivity contribution in [1.29, 1.82) is 0 Å². The highest BCUT2D eigenvalue weighted by atomic mass is 16.7. The summed E-state index contributed by atoms with van der Waals surface area (Å²) in [4.78, 5) is 6.16. The maximum absolute atomic E-state index is 6.16. The fourth-order valence-corrected chi connectivity index (χ4v) is 2.76. The number of benzene rings is 1. The van der Waals surface area contributed by atoms with Crippen LogP contribution in [0.2, 0.25) is 0 Å². The van der Waals surface area contributed by atoms with Crippen molar-refractivity contribution in [1.82, 2.24) is 5.06 Å². The average Bonchev–Trinajstić information content (AvgIpc) is 2.55. The quantitative estimate of drug-likeness (QED) is 0.728. The second-order valence-corrected chi connectivity index (χ2v) is 6.49. The third kappa shape index (κ3) is 2.53. The van der Waals surface area contributed by atoms with Crippen molar-refractivity contribution >= 4 is 0 Å². The van der Waals surface area contributed by atoms with E-state index in [0.717, 1.165) is 6.42 Å². The van der Waals surface area contributed by atoms with E-state index in [1.165, 1.54) is 5.56 Å². The van der Waals surface area contributed by atoms with E-state index < -0.39 is 0 Å². The summed E-state index contributed by atoms with van der Waals surface area (Å²) in [7, 11) is 0. The molecular formula is C15H23NO. The van der Waals surface area contributed by atoms with E-state index in [0.29, 0.717) is 0 Å². The molecule has 1 aromatic carbocycles. The molecule has 0 bridgehead atoms. The number of nitrogens with zero attached hydrogens (tertiary/aromatic N) is 1. The maximum Gasteiger partial charge on any atom is 0.106 e. The minimum atomic E-state index is 0.0348. The molecule has 17 heavy (non-hydrogen) atoms. The molecule has 0 amide bonds. The average molecular weight is 233 g/mol. The summed E-state index contributed by atoms with van der Waals surface area (Å²) in [6.07, 6.45) is 1.22. The van der Waals surface area contributed by atoms with Crippen LogP contribution in [0.1, 0.15) is 52.7 Å². The van der Waals surface area contributed by atoms with Crippen LogP contribution in [0.4, 0.5) is 0 Å². The summed E-state index contributed by atoms with van der Waals surface area (Å²) in [5, 5.41) is 2.15. The molecule has 0 N–H and O–H groups in total. The molecule has 0 radical (unpaired) electrons. The molecule has 1 aromatic rings. The molecular weight excluding hydrogens is 210 g/mol. The highest BCUT2D eigenvalue weighted by molar-refractivity contribution is 5.19. The van der Waals surface area contributed by atoms with E-state index >= 15 is 0 Å². The number of hydrogen-bond acceptors (Lipinski definition) is 2. The molecule has 0 aromatic heterocycles. The molecule has 1 unspecified atom stereocenters. The molecule has 1 fully saturated rings. The number of hydroxylamine groups is 2. The predicted molar refractivity (Wildman–Crippen MR) is 70.6 cm³/mol. The van der Waals surface area contributed by atoms with E-state index in [-0.39, 0.29) is 17.2 Å². The van der Waals surface area contributed by atoms with Crippen LogP contribution in [-0.2, 0) is 4.84 Å². The molecule has 2 rings (SSSR count). The Kier molecular flexibility index (Phi) is 3.04. The topological polar surface area (TPSA) is 12.5 Å². The number of hydrogen-bond donors (Lipinski definition) is 0. The Morgan fingerprint density at radius 3 is 2.24 bits per heavy atom. The minimum Gasteiger partial charge on any atom is -0.290 e. The summed E-state index contributed by atoms with van der Waals surface area (Å²) in [5.74, 6) is 0. The molecule has 0 saturated carbocycles. The summed E-state index contributed by atoms with van der Waals surface area (Å²) in [5.41, 5.74) is 1.39. The van der Waals surface area contributed by atoms with Gasteiger partial charge in [-0.15, -0.1) is 0 Å². The van der Waals surface area contributed by atoms with Crippen LogP contribution in [0, 0.1) is 0 Å². The van der Waals surface area contributed by atoms with Crippen molar-refractivity contribution in [2.75, 3.05) is 0 Å². The van der Waals surface area contributed by atoms with Crippen molar-refractivity contribution in [3.8, 4) is 0 Å². The van der Waals surface area contributed by atoms with Gasteiger partial charge in [-0.2, -0.15) is 5.06 Å². The monoisotopic (exact) mass is 233 g/mol. The van der Waals surface area contributed by atoms with Gasteiger partial charge in [-0.1, -0.05) is 30.3 Å². The Hall–Kier alpha value is -0.860. The summed E-state index contributed by atoms with van der Waals surface area (Å²) < 4.78 is 0. The first-order chi connectivity index (χ1) is 7.81. The van der Waals surface area contributed by atoms with Gasteiger partial charge in [0.15, 0.2) is 0 Å². The lowest BCUT2D eigenvalue weighted by Crippen LogP contribution is -2.49. The standard InChI is InChI=1S/C15H23NO/c1-14(2,3)16-15(4,5)11-13(17-16)12-9-7-6-8-10-12/h6-10,13H,11H2,1-5H3. The van der Waals surface area contributed by atoms with E-state index in [1.807, 2.05) is 6.07 Å².